The third-order valence-corrected chi connectivity index (χ3v) is 5.94. The Balaban J connectivity index is 1.56. The lowest BCUT2D eigenvalue weighted by Gasteiger charge is -2.13. The van der Waals surface area contributed by atoms with Crippen LogP contribution >= 0.6 is 46.9 Å². The number of carbonyl (C=O) groups excluding carboxylic acids is 2. The highest BCUT2D eigenvalue weighted by Gasteiger charge is 2.31. The Hall–Kier alpha value is -1.74. The van der Waals surface area contributed by atoms with Gasteiger partial charge in [0.1, 0.15) is 4.32 Å². The van der Waals surface area contributed by atoms with Crippen molar-refractivity contribution in [1.82, 2.24) is 9.88 Å². The Morgan fingerprint density at radius 3 is 2.92 bits per heavy atom. The predicted molar refractivity (Wildman–Crippen MR) is 111 cm³/mol. The topological polar surface area (TPSA) is 62.3 Å². The van der Waals surface area contributed by atoms with Crippen LogP contribution in [-0.2, 0) is 9.59 Å². The van der Waals surface area contributed by atoms with Gasteiger partial charge in [-0.05, 0) is 24.1 Å². The number of thiocarbonyl (C=S) groups is 1. The maximum atomic E-state index is 12.6. The highest BCUT2D eigenvalue weighted by molar-refractivity contribution is 8.26. The fourth-order valence-corrected chi connectivity index (χ4v) is 4.33. The van der Waals surface area contributed by atoms with Crippen LogP contribution in [0.4, 0.5) is 5.13 Å². The SMILES string of the molecule is O=C(CCCN1C(=O)/C(=C/c2ccccc2Cl)SC1=S)Nc1nccs1. The summed E-state index contributed by atoms with van der Waals surface area (Å²) < 4.78 is 0.494. The monoisotopic (exact) mass is 423 g/mol. The van der Waals surface area contributed by atoms with Gasteiger partial charge in [-0.1, -0.05) is 53.8 Å². The number of nitrogens with one attached hydrogen (secondary N) is 1. The van der Waals surface area contributed by atoms with E-state index in [0.717, 1.165) is 5.56 Å². The molecule has 1 saturated heterocycles. The number of thioether (sulfide) groups is 1. The first kappa shape index (κ1) is 19.0. The molecule has 0 spiro atoms. The van der Waals surface area contributed by atoms with Crippen molar-refractivity contribution in [2.24, 2.45) is 0 Å². The van der Waals surface area contributed by atoms with Crippen LogP contribution in [-0.4, -0.2) is 32.6 Å². The molecule has 0 bridgehead atoms. The van der Waals surface area contributed by atoms with Crippen LogP contribution in [0.5, 0.6) is 0 Å². The summed E-state index contributed by atoms with van der Waals surface area (Å²) in [6.45, 7) is 0.399. The first-order chi connectivity index (χ1) is 12.5. The minimum absolute atomic E-state index is 0.128. The quantitative estimate of drug-likeness (QED) is 0.550. The Labute approximate surface area is 169 Å². The third-order valence-electron chi connectivity index (χ3n) is 3.53. The Kier molecular flexibility index (Phi) is 6.42. The van der Waals surface area contributed by atoms with Crippen LogP contribution in [0.2, 0.25) is 5.02 Å². The van der Waals surface area contributed by atoms with Crippen LogP contribution in [0.1, 0.15) is 18.4 Å². The molecule has 134 valence electrons. The zero-order valence-electron chi connectivity index (χ0n) is 13.5. The highest BCUT2D eigenvalue weighted by Crippen LogP contribution is 2.33. The lowest BCUT2D eigenvalue weighted by atomic mass is 10.2. The fraction of sp³-hybridized carbons (Fsp3) is 0.176. The first-order valence-corrected chi connectivity index (χ1v) is 10.2. The van der Waals surface area contributed by atoms with Gasteiger partial charge in [-0.2, -0.15) is 0 Å². The summed E-state index contributed by atoms with van der Waals surface area (Å²) in [5, 5.41) is 5.66. The maximum Gasteiger partial charge on any atom is 0.266 e. The summed E-state index contributed by atoms with van der Waals surface area (Å²) in [6, 6.07) is 7.31. The van der Waals surface area contributed by atoms with Crippen LogP contribution < -0.4 is 5.32 Å². The van der Waals surface area contributed by atoms with Crippen LogP contribution in [0.25, 0.3) is 6.08 Å². The van der Waals surface area contributed by atoms with E-state index in [0.29, 0.717) is 38.8 Å². The average molecular weight is 424 g/mol. The molecule has 5 nitrogen and oxygen atoms in total. The number of anilines is 1. The van der Waals surface area contributed by atoms with Gasteiger partial charge in [0.15, 0.2) is 5.13 Å². The lowest BCUT2D eigenvalue weighted by molar-refractivity contribution is -0.122. The van der Waals surface area contributed by atoms with Crippen molar-refractivity contribution in [2.45, 2.75) is 12.8 Å². The van der Waals surface area contributed by atoms with Crippen molar-refractivity contribution >= 4 is 74.3 Å². The number of thiazole rings is 1. The fourth-order valence-electron chi connectivity index (χ4n) is 2.29. The van der Waals surface area contributed by atoms with Crippen molar-refractivity contribution in [3.8, 4) is 0 Å². The summed E-state index contributed by atoms with van der Waals surface area (Å²) >= 11 is 14.1. The molecular weight excluding hydrogens is 410 g/mol. The molecule has 0 radical (unpaired) electrons. The number of rotatable bonds is 6. The summed E-state index contributed by atoms with van der Waals surface area (Å²) in [5.74, 6) is -0.280. The van der Waals surface area contributed by atoms with Crippen molar-refractivity contribution in [3.63, 3.8) is 0 Å². The first-order valence-electron chi connectivity index (χ1n) is 7.74. The molecule has 2 amide bonds. The number of hydrogen-bond donors (Lipinski definition) is 1. The zero-order chi connectivity index (χ0) is 18.5. The normalized spacial score (nSPS) is 15.7. The molecular formula is C17H14ClN3O2S3. The third kappa shape index (κ3) is 4.70. The smallest absolute Gasteiger partial charge is 0.266 e. The molecule has 3 rings (SSSR count). The van der Waals surface area contributed by atoms with E-state index in [9.17, 15) is 9.59 Å². The summed E-state index contributed by atoms with van der Waals surface area (Å²) in [4.78, 5) is 30.5. The largest absolute Gasteiger partial charge is 0.302 e. The van der Waals surface area contributed by atoms with E-state index in [1.807, 2.05) is 18.2 Å². The molecule has 9 heteroatoms. The molecule has 1 aromatic carbocycles. The Morgan fingerprint density at radius 1 is 1.38 bits per heavy atom. The van der Waals surface area contributed by atoms with Crippen LogP contribution in [0.3, 0.4) is 0 Å². The molecule has 1 fully saturated rings. The molecule has 2 heterocycles. The van der Waals surface area contributed by atoms with Crippen molar-refractivity contribution in [1.29, 1.82) is 0 Å². The number of halogens is 1. The van der Waals surface area contributed by atoms with Gasteiger partial charge in [0.2, 0.25) is 5.91 Å². The number of hydrogen-bond acceptors (Lipinski definition) is 6. The molecule has 0 atom stereocenters. The van der Waals surface area contributed by atoms with Gasteiger partial charge in [-0.3, -0.25) is 14.5 Å². The van der Waals surface area contributed by atoms with E-state index in [4.69, 9.17) is 23.8 Å². The van der Waals surface area contributed by atoms with Gasteiger partial charge in [0.25, 0.3) is 5.91 Å². The molecule has 26 heavy (non-hydrogen) atoms. The van der Waals surface area contributed by atoms with E-state index < -0.39 is 0 Å². The Morgan fingerprint density at radius 2 is 2.19 bits per heavy atom. The number of benzene rings is 1. The van der Waals surface area contributed by atoms with Crippen LogP contribution in [0, 0.1) is 0 Å². The van der Waals surface area contributed by atoms with E-state index in [2.05, 4.69) is 10.3 Å². The van der Waals surface area contributed by atoms with Crippen molar-refractivity contribution < 1.29 is 9.59 Å². The average Bonchev–Trinajstić information content (AvgIpc) is 3.20. The number of aromatic nitrogens is 1. The standard InChI is InChI=1S/C17H14ClN3O2S3/c18-12-5-2-1-4-11(12)10-13-15(23)21(17(24)26-13)8-3-6-14(22)20-16-19-7-9-25-16/h1-2,4-5,7,9-10H,3,6,8H2,(H,19,20,22)/b13-10-. The molecule has 2 aromatic rings. The van der Waals surface area contributed by atoms with E-state index in [-0.39, 0.29) is 11.8 Å². The molecule has 0 unspecified atom stereocenters. The number of amides is 2. The van der Waals surface area contributed by atoms with Crippen molar-refractivity contribution in [3.05, 3.63) is 51.3 Å². The van der Waals surface area contributed by atoms with Gasteiger partial charge < -0.3 is 5.32 Å². The molecule has 1 N–H and O–H groups in total. The van der Waals surface area contributed by atoms with Gasteiger partial charge in [-0.15, -0.1) is 11.3 Å². The highest BCUT2D eigenvalue weighted by atomic mass is 35.5. The van der Waals surface area contributed by atoms with Crippen LogP contribution in [0.15, 0.2) is 40.7 Å². The van der Waals surface area contributed by atoms with E-state index in [1.165, 1.54) is 28.0 Å². The second-order valence-corrected chi connectivity index (χ2v) is 8.32. The molecule has 0 saturated carbocycles. The molecule has 0 aliphatic carbocycles. The second kappa shape index (κ2) is 8.77. The lowest BCUT2D eigenvalue weighted by Crippen LogP contribution is -2.29. The number of nitrogens with zero attached hydrogens (tertiary/aromatic N) is 2. The Bertz CT molecular complexity index is 868. The van der Waals surface area contributed by atoms with Gasteiger partial charge in [0, 0.05) is 29.6 Å². The summed E-state index contributed by atoms with van der Waals surface area (Å²) in [5.41, 5.74) is 0.775. The second-order valence-electron chi connectivity index (χ2n) is 5.34. The zero-order valence-corrected chi connectivity index (χ0v) is 16.7. The molecule has 1 aliphatic heterocycles. The number of carbonyl (C=O) groups is 2. The predicted octanol–water partition coefficient (Wildman–Crippen LogP) is 4.42. The van der Waals surface area contributed by atoms with E-state index in [1.54, 1.807) is 23.7 Å². The molecule has 1 aliphatic rings. The maximum absolute atomic E-state index is 12.6. The minimum Gasteiger partial charge on any atom is -0.302 e. The summed E-state index contributed by atoms with van der Waals surface area (Å²) in [6.07, 6.45) is 4.19. The molecule has 1 aromatic heterocycles. The summed E-state index contributed by atoms with van der Waals surface area (Å²) in [7, 11) is 0. The minimum atomic E-state index is -0.153. The van der Waals surface area contributed by atoms with Gasteiger partial charge in [-0.25, -0.2) is 4.98 Å². The van der Waals surface area contributed by atoms with Gasteiger partial charge in [0.05, 0.1) is 4.91 Å². The van der Waals surface area contributed by atoms with Gasteiger partial charge >= 0.3 is 0 Å². The van der Waals surface area contributed by atoms with Crippen molar-refractivity contribution in [2.75, 3.05) is 11.9 Å². The van der Waals surface area contributed by atoms with E-state index >= 15 is 0 Å².